The molecule has 1 aromatic rings. The summed E-state index contributed by atoms with van der Waals surface area (Å²) >= 11 is 5.80. The Labute approximate surface area is 124 Å². The summed E-state index contributed by atoms with van der Waals surface area (Å²) in [6, 6.07) is 6.15. The fourth-order valence-corrected chi connectivity index (χ4v) is 3.28. The molecule has 0 amide bonds. The third-order valence-electron chi connectivity index (χ3n) is 3.08. The molecule has 0 bridgehead atoms. The molecule has 1 aromatic carbocycles. The van der Waals surface area contributed by atoms with Crippen LogP contribution >= 0.6 is 11.6 Å². The lowest BCUT2D eigenvalue weighted by molar-refractivity contribution is -0.257. The summed E-state index contributed by atoms with van der Waals surface area (Å²) in [7, 11) is -3.56. The molecule has 7 heteroatoms. The van der Waals surface area contributed by atoms with Gasteiger partial charge >= 0.3 is 0 Å². The van der Waals surface area contributed by atoms with Crippen LogP contribution in [-0.2, 0) is 19.5 Å². The zero-order valence-electron chi connectivity index (χ0n) is 11.3. The highest BCUT2D eigenvalue weighted by Gasteiger charge is 2.29. The molecule has 1 fully saturated rings. The lowest BCUT2D eigenvalue weighted by atomic mass is 10.2. The number of nitrogens with one attached hydrogen (secondary N) is 1. The average molecular weight is 320 g/mol. The van der Waals surface area contributed by atoms with Gasteiger partial charge in [0.15, 0.2) is 5.79 Å². The Morgan fingerprint density at radius 3 is 2.70 bits per heavy atom. The molecule has 112 valence electrons. The van der Waals surface area contributed by atoms with Crippen molar-refractivity contribution in [3.63, 3.8) is 0 Å². The topological polar surface area (TPSA) is 64.6 Å². The number of hydrogen-bond acceptors (Lipinski definition) is 4. The van der Waals surface area contributed by atoms with E-state index in [0.29, 0.717) is 24.7 Å². The first-order valence-corrected chi connectivity index (χ1v) is 8.31. The van der Waals surface area contributed by atoms with Crippen LogP contribution < -0.4 is 4.72 Å². The second-order valence-corrected chi connectivity index (χ2v) is 6.99. The molecule has 0 radical (unpaired) electrons. The van der Waals surface area contributed by atoms with Crippen molar-refractivity contribution >= 4 is 21.6 Å². The van der Waals surface area contributed by atoms with Crippen LogP contribution in [0.25, 0.3) is 0 Å². The SMILES string of the molecule is CC1(CCNS(=O)(=O)c2cccc(Cl)c2)OCCCO1. The first-order valence-electron chi connectivity index (χ1n) is 6.44. The van der Waals surface area contributed by atoms with Crippen molar-refractivity contribution in [2.45, 2.75) is 30.4 Å². The minimum atomic E-state index is -3.56. The highest BCUT2D eigenvalue weighted by atomic mass is 35.5. The zero-order chi connectivity index (χ0) is 14.6. The molecule has 0 atom stereocenters. The normalized spacial score (nSPS) is 18.9. The van der Waals surface area contributed by atoms with Crippen LogP contribution in [0.3, 0.4) is 0 Å². The van der Waals surface area contributed by atoms with Crippen LogP contribution in [0.4, 0.5) is 0 Å². The summed E-state index contributed by atoms with van der Waals surface area (Å²) in [5, 5.41) is 0.388. The van der Waals surface area contributed by atoms with E-state index in [2.05, 4.69) is 4.72 Å². The minimum absolute atomic E-state index is 0.153. The third kappa shape index (κ3) is 4.17. The van der Waals surface area contributed by atoms with Crippen LogP contribution in [0.2, 0.25) is 5.02 Å². The first kappa shape index (κ1) is 15.7. The van der Waals surface area contributed by atoms with Crippen molar-refractivity contribution < 1.29 is 17.9 Å². The van der Waals surface area contributed by atoms with Crippen LogP contribution in [0, 0.1) is 0 Å². The molecule has 1 N–H and O–H groups in total. The maximum absolute atomic E-state index is 12.1. The fourth-order valence-electron chi connectivity index (χ4n) is 1.95. The van der Waals surface area contributed by atoms with Gasteiger partial charge in [0.05, 0.1) is 18.1 Å². The molecule has 1 heterocycles. The van der Waals surface area contributed by atoms with Crippen LogP contribution in [0.15, 0.2) is 29.2 Å². The summed E-state index contributed by atoms with van der Waals surface area (Å²) in [4.78, 5) is 0.153. The molecular formula is C13H18ClNO4S. The van der Waals surface area contributed by atoms with Gasteiger partial charge in [-0.05, 0) is 31.5 Å². The van der Waals surface area contributed by atoms with Crippen LogP contribution in [0.5, 0.6) is 0 Å². The molecule has 0 spiro atoms. The van der Waals surface area contributed by atoms with Crippen molar-refractivity contribution in [1.82, 2.24) is 4.72 Å². The van der Waals surface area contributed by atoms with Gasteiger partial charge in [-0.15, -0.1) is 0 Å². The molecular weight excluding hydrogens is 302 g/mol. The van der Waals surface area contributed by atoms with Gasteiger partial charge in [-0.1, -0.05) is 17.7 Å². The van der Waals surface area contributed by atoms with Gasteiger partial charge in [0.2, 0.25) is 10.0 Å². The quantitative estimate of drug-likeness (QED) is 0.903. The predicted octanol–water partition coefficient (Wildman–Crippen LogP) is 2.16. The molecule has 0 saturated carbocycles. The number of sulfonamides is 1. The van der Waals surface area contributed by atoms with Crippen LogP contribution in [-0.4, -0.2) is 34.0 Å². The predicted molar refractivity (Wildman–Crippen MR) is 76.2 cm³/mol. The van der Waals surface area contributed by atoms with Gasteiger partial charge < -0.3 is 9.47 Å². The van der Waals surface area contributed by atoms with Gasteiger partial charge in [0.1, 0.15) is 0 Å². The number of benzene rings is 1. The van der Waals surface area contributed by atoms with E-state index in [0.717, 1.165) is 6.42 Å². The Hall–Kier alpha value is -0.660. The standard InChI is InChI=1S/C13H18ClNO4S/c1-13(18-8-3-9-19-13)6-7-15-20(16,17)12-5-2-4-11(14)10-12/h2,4-5,10,15H,3,6-9H2,1H3. The van der Waals surface area contributed by atoms with Crippen molar-refractivity contribution in [1.29, 1.82) is 0 Å². The summed E-state index contributed by atoms with van der Waals surface area (Å²) in [5.41, 5.74) is 0. The van der Waals surface area contributed by atoms with Crippen molar-refractivity contribution in [2.75, 3.05) is 19.8 Å². The zero-order valence-corrected chi connectivity index (χ0v) is 12.8. The fraction of sp³-hybridized carbons (Fsp3) is 0.538. The maximum atomic E-state index is 12.1. The Morgan fingerprint density at radius 1 is 1.35 bits per heavy atom. The van der Waals surface area contributed by atoms with Crippen molar-refractivity contribution in [2.24, 2.45) is 0 Å². The number of halogens is 1. The van der Waals surface area contributed by atoms with Gasteiger partial charge in [0, 0.05) is 18.0 Å². The van der Waals surface area contributed by atoms with E-state index in [1.165, 1.54) is 12.1 Å². The molecule has 0 aliphatic carbocycles. The van der Waals surface area contributed by atoms with E-state index in [1.807, 2.05) is 6.92 Å². The average Bonchev–Trinajstić information content (AvgIpc) is 2.39. The number of rotatable bonds is 5. The second kappa shape index (κ2) is 6.41. The number of hydrogen-bond donors (Lipinski definition) is 1. The van der Waals surface area contributed by atoms with Gasteiger partial charge in [-0.25, -0.2) is 13.1 Å². The molecule has 1 aliphatic rings. The monoisotopic (exact) mass is 319 g/mol. The summed E-state index contributed by atoms with van der Waals surface area (Å²) in [5.74, 6) is -0.713. The molecule has 1 aliphatic heterocycles. The smallest absolute Gasteiger partial charge is 0.240 e. The molecule has 2 rings (SSSR count). The van der Waals surface area contributed by atoms with E-state index >= 15 is 0 Å². The Balaban J connectivity index is 1.93. The molecule has 20 heavy (non-hydrogen) atoms. The van der Waals surface area contributed by atoms with Crippen molar-refractivity contribution in [3.05, 3.63) is 29.3 Å². The molecule has 5 nitrogen and oxygen atoms in total. The Morgan fingerprint density at radius 2 is 2.05 bits per heavy atom. The largest absolute Gasteiger partial charge is 0.350 e. The molecule has 0 aromatic heterocycles. The lowest BCUT2D eigenvalue weighted by Gasteiger charge is -2.33. The first-order chi connectivity index (χ1) is 9.41. The van der Waals surface area contributed by atoms with E-state index < -0.39 is 15.8 Å². The van der Waals surface area contributed by atoms with Gasteiger partial charge in [-0.2, -0.15) is 0 Å². The van der Waals surface area contributed by atoms with E-state index in [4.69, 9.17) is 21.1 Å². The van der Waals surface area contributed by atoms with E-state index in [1.54, 1.807) is 12.1 Å². The highest BCUT2D eigenvalue weighted by Crippen LogP contribution is 2.22. The lowest BCUT2D eigenvalue weighted by Crippen LogP contribution is -2.40. The van der Waals surface area contributed by atoms with Crippen LogP contribution in [0.1, 0.15) is 19.8 Å². The molecule has 0 unspecified atom stereocenters. The highest BCUT2D eigenvalue weighted by molar-refractivity contribution is 7.89. The number of ether oxygens (including phenoxy) is 2. The van der Waals surface area contributed by atoms with E-state index in [9.17, 15) is 8.42 Å². The summed E-state index contributed by atoms with van der Waals surface area (Å²) < 4.78 is 37.7. The molecule has 1 saturated heterocycles. The second-order valence-electron chi connectivity index (χ2n) is 4.79. The van der Waals surface area contributed by atoms with Gasteiger partial charge in [0.25, 0.3) is 0 Å². The maximum Gasteiger partial charge on any atom is 0.240 e. The summed E-state index contributed by atoms with van der Waals surface area (Å²) in [6.45, 7) is 3.33. The van der Waals surface area contributed by atoms with E-state index in [-0.39, 0.29) is 11.4 Å². The minimum Gasteiger partial charge on any atom is -0.350 e. The summed E-state index contributed by atoms with van der Waals surface area (Å²) in [6.07, 6.45) is 1.32. The Bertz CT molecular complexity index is 555. The van der Waals surface area contributed by atoms with Crippen molar-refractivity contribution in [3.8, 4) is 0 Å². The third-order valence-corrected chi connectivity index (χ3v) is 4.77. The van der Waals surface area contributed by atoms with Gasteiger partial charge in [-0.3, -0.25) is 0 Å². The Kier molecular flexibility index (Phi) is 5.04.